The van der Waals surface area contributed by atoms with Gasteiger partial charge in [-0.1, -0.05) is 6.07 Å². The summed E-state index contributed by atoms with van der Waals surface area (Å²) in [4.78, 5) is 3.86. The van der Waals surface area contributed by atoms with Crippen molar-refractivity contribution >= 4 is 0 Å². The zero-order valence-corrected chi connectivity index (χ0v) is 9.53. The highest BCUT2D eigenvalue weighted by Crippen LogP contribution is 2.22. The second kappa shape index (κ2) is 6.65. The van der Waals surface area contributed by atoms with Crippen molar-refractivity contribution in [3.8, 4) is 0 Å². The molecule has 1 rings (SSSR count). The highest BCUT2D eigenvalue weighted by molar-refractivity contribution is 5.09. The molecule has 102 valence electrons. The number of nitrogens with two attached hydrogens (primary N) is 1. The van der Waals surface area contributed by atoms with Crippen LogP contribution in [-0.2, 0) is 11.2 Å². The molecule has 7 heteroatoms. The largest absolute Gasteiger partial charge is 0.373 e. The number of aromatic nitrogens is 1. The predicted molar refractivity (Wildman–Crippen MR) is 57.7 cm³/mol. The van der Waals surface area contributed by atoms with Crippen LogP contribution in [0.15, 0.2) is 24.5 Å². The van der Waals surface area contributed by atoms with Crippen molar-refractivity contribution in [2.24, 2.45) is 5.73 Å². The van der Waals surface area contributed by atoms with Crippen LogP contribution in [0.4, 0.5) is 17.6 Å². The van der Waals surface area contributed by atoms with E-state index in [1.165, 1.54) is 0 Å². The first kappa shape index (κ1) is 14.8. The molecule has 0 saturated carbocycles. The van der Waals surface area contributed by atoms with Crippen LogP contribution >= 0.6 is 0 Å². The predicted octanol–water partition coefficient (Wildman–Crippen LogP) is 1.87. The number of hydrogen-bond donors (Lipinski definition) is 1. The summed E-state index contributed by atoms with van der Waals surface area (Å²) < 4.78 is 53.1. The van der Waals surface area contributed by atoms with Gasteiger partial charge in [-0.15, -0.1) is 0 Å². The smallest absolute Gasteiger partial charge is 0.330 e. The highest BCUT2D eigenvalue weighted by atomic mass is 19.3. The molecule has 18 heavy (non-hydrogen) atoms. The summed E-state index contributed by atoms with van der Waals surface area (Å²) >= 11 is 0. The Hall–Kier alpha value is -1.21. The summed E-state index contributed by atoms with van der Waals surface area (Å²) in [6.45, 7) is -1.54. The van der Waals surface area contributed by atoms with E-state index in [2.05, 4.69) is 9.72 Å². The molecule has 2 N–H and O–H groups in total. The van der Waals surface area contributed by atoms with E-state index in [9.17, 15) is 17.6 Å². The maximum absolute atomic E-state index is 12.5. The zero-order chi connectivity index (χ0) is 13.6. The second-order valence-corrected chi connectivity index (χ2v) is 3.90. The average Bonchev–Trinajstić information content (AvgIpc) is 2.29. The maximum Gasteiger partial charge on any atom is 0.330 e. The minimum absolute atomic E-state index is 0.211. The number of ether oxygens (including phenoxy) is 1. The van der Waals surface area contributed by atoms with Crippen LogP contribution in [0.3, 0.4) is 0 Å². The third kappa shape index (κ3) is 4.97. The van der Waals surface area contributed by atoms with Crippen LogP contribution in [0.25, 0.3) is 0 Å². The van der Waals surface area contributed by atoms with E-state index in [1.807, 2.05) is 0 Å². The minimum Gasteiger partial charge on any atom is -0.373 e. The lowest BCUT2D eigenvalue weighted by Gasteiger charge is -2.17. The quantitative estimate of drug-likeness (QED) is 0.766. The van der Waals surface area contributed by atoms with Crippen LogP contribution in [0, 0.1) is 0 Å². The number of alkyl halides is 4. The van der Waals surface area contributed by atoms with Crippen molar-refractivity contribution in [3.05, 3.63) is 30.1 Å². The van der Waals surface area contributed by atoms with Crippen molar-refractivity contribution in [1.82, 2.24) is 4.98 Å². The van der Waals surface area contributed by atoms with Gasteiger partial charge >= 0.3 is 12.3 Å². The Labute approximate surface area is 102 Å². The molecule has 0 fully saturated rings. The fraction of sp³-hybridized carbons (Fsp3) is 0.545. The van der Waals surface area contributed by atoms with E-state index < -0.39 is 25.0 Å². The molecule has 0 aliphatic carbocycles. The molecule has 0 spiro atoms. The normalized spacial score (nSPS) is 13.9. The van der Waals surface area contributed by atoms with Gasteiger partial charge in [0.25, 0.3) is 0 Å². The fourth-order valence-electron chi connectivity index (χ4n) is 1.29. The Kier molecular flexibility index (Phi) is 5.49. The molecular formula is C11H14F4N2O. The van der Waals surface area contributed by atoms with E-state index in [1.54, 1.807) is 24.5 Å². The van der Waals surface area contributed by atoms with E-state index >= 15 is 0 Å². The molecule has 1 aromatic heterocycles. The summed E-state index contributed by atoms with van der Waals surface area (Å²) in [6.07, 6.45) is -0.164. The van der Waals surface area contributed by atoms with Crippen LogP contribution in [0.5, 0.6) is 0 Å². The van der Waals surface area contributed by atoms with Crippen LogP contribution in [0.1, 0.15) is 5.56 Å². The Balaban J connectivity index is 2.28. The topological polar surface area (TPSA) is 48.1 Å². The molecule has 1 unspecified atom stereocenters. The second-order valence-electron chi connectivity index (χ2n) is 3.90. The summed E-state index contributed by atoms with van der Waals surface area (Å²) in [7, 11) is 0. The van der Waals surface area contributed by atoms with Crippen LogP contribution < -0.4 is 5.73 Å². The number of nitrogens with zero attached hydrogens (tertiary/aromatic N) is 1. The number of pyridine rings is 1. The van der Waals surface area contributed by atoms with E-state index in [0.717, 1.165) is 5.56 Å². The van der Waals surface area contributed by atoms with Crippen molar-refractivity contribution in [3.63, 3.8) is 0 Å². The Morgan fingerprint density at radius 2 is 2.11 bits per heavy atom. The van der Waals surface area contributed by atoms with Crippen molar-refractivity contribution in [1.29, 1.82) is 0 Å². The highest BCUT2D eigenvalue weighted by Gasteiger charge is 2.40. The summed E-state index contributed by atoms with van der Waals surface area (Å²) in [5, 5.41) is 0. The van der Waals surface area contributed by atoms with Crippen LogP contribution in [-0.4, -0.2) is 36.6 Å². The number of halogens is 4. The van der Waals surface area contributed by atoms with Crippen molar-refractivity contribution in [2.75, 3.05) is 13.2 Å². The number of hydrogen-bond acceptors (Lipinski definition) is 3. The maximum atomic E-state index is 12.5. The molecule has 0 aromatic carbocycles. The van der Waals surface area contributed by atoms with Crippen LogP contribution in [0.2, 0.25) is 0 Å². The molecule has 1 atom stereocenters. The van der Waals surface area contributed by atoms with Gasteiger partial charge in [-0.2, -0.15) is 8.78 Å². The molecule has 0 bridgehead atoms. The zero-order valence-electron chi connectivity index (χ0n) is 9.53. The van der Waals surface area contributed by atoms with E-state index in [-0.39, 0.29) is 6.61 Å². The molecule has 0 aliphatic heterocycles. The first-order valence-corrected chi connectivity index (χ1v) is 5.30. The van der Waals surface area contributed by atoms with Gasteiger partial charge in [0.2, 0.25) is 0 Å². The third-order valence-electron chi connectivity index (χ3n) is 2.17. The first-order chi connectivity index (χ1) is 8.42. The SMILES string of the molecule is NC(COCC(F)(F)C(F)F)Cc1cccnc1. The molecule has 0 saturated heterocycles. The van der Waals surface area contributed by atoms with Gasteiger partial charge in [0, 0.05) is 18.4 Å². The van der Waals surface area contributed by atoms with Gasteiger partial charge in [0.05, 0.1) is 6.61 Å². The molecule has 0 aliphatic rings. The van der Waals surface area contributed by atoms with Gasteiger partial charge in [-0.3, -0.25) is 4.98 Å². The van der Waals surface area contributed by atoms with Crippen molar-refractivity contribution < 1.29 is 22.3 Å². The average molecular weight is 266 g/mol. The fourth-order valence-corrected chi connectivity index (χ4v) is 1.29. The van der Waals surface area contributed by atoms with Gasteiger partial charge in [0.15, 0.2) is 0 Å². The molecule has 1 heterocycles. The molecular weight excluding hydrogens is 252 g/mol. The third-order valence-corrected chi connectivity index (χ3v) is 2.17. The Bertz CT molecular complexity index is 348. The Morgan fingerprint density at radius 3 is 2.67 bits per heavy atom. The first-order valence-electron chi connectivity index (χ1n) is 5.30. The lowest BCUT2D eigenvalue weighted by atomic mass is 10.1. The molecule has 3 nitrogen and oxygen atoms in total. The van der Waals surface area contributed by atoms with Crippen molar-refractivity contribution in [2.45, 2.75) is 24.8 Å². The lowest BCUT2D eigenvalue weighted by molar-refractivity contribution is -0.166. The van der Waals surface area contributed by atoms with Gasteiger partial charge < -0.3 is 10.5 Å². The summed E-state index contributed by atoms with van der Waals surface area (Å²) in [5.74, 6) is -4.13. The van der Waals surface area contributed by atoms with Gasteiger partial charge in [-0.25, -0.2) is 8.78 Å². The standard InChI is InChI=1S/C11H14F4N2O/c12-10(13)11(14,15)7-18-6-9(16)4-8-2-1-3-17-5-8/h1-3,5,9-10H,4,6-7,16H2. The Morgan fingerprint density at radius 1 is 1.39 bits per heavy atom. The number of rotatable bonds is 7. The minimum atomic E-state index is -4.13. The monoisotopic (exact) mass is 266 g/mol. The molecule has 0 amide bonds. The van der Waals surface area contributed by atoms with Gasteiger partial charge in [0.1, 0.15) is 6.61 Å². The van der Waals surface area contributed by atoms with E-state index in [4.69, 9.17) is 5.73 Å². The lowest BCUT2D eigenvalue weighted by Crippen LogP contribution is -2.36. The van der Waals surface area contributed by atoms with E-state index in [0.29, 0.717) is 6.42 Å². The molecule has 1 aromatic rings. The van der Waals surface area contributed by atoms with Gasteiger partial charge in [-0.05, 0) is 18.1 Å². The summed E-state index contributed by atoms with van der Waals surface area (Å²) in [5.41, 5.74) is 6.45. The summed E-state index contributed by atoms with van der Waals surface area (Å²) in [6, 6.07) is 2.96. The molecule has 0 radical (unpaired) electrons.